The number of hydrogen-bond donors (Lipinski definition) is 0. The van der Waals surface area contributed by atoms with Gasteiger partial charge < -0.3 is 0 Å². The highest BCUT2D eigenvalue weighted by Gasteiger charge is 2.24. The van der Waals surface area contributed by atoms with Crippen molar-refractivity contribution in [1.82, 2.24) is 0 Å². The van der Waals surface area contributed by atoms with Crippen LogP contribution < -0.4 is 0 Å². The lowest BCUT2D eigenvalue weighted by Gasteiger charge is -1.97. The van der Waals surface area contributed by atoms with E-state index in [9.17, 15) is 8.78 Å². The second kappa shape index (κ2) is 5.87. The van der Waals surface area contributed by atoms with E-state index >= 15 is 0 Å². The van der Waals surface area contributed by atoms with Gasteiger partial charge in [-0.25, -0.2) is 8.78 Å². The van der Waals surface area contributed by atoms with Gasteiger partial charge >= 0.3 is 0 Å². The Bertz CT molecular complexity index is 975. The predicted molar refractivity (Wildman–Crippen MR) is 85.1 cm³/mol. The van der Waals surface area contributed by atoms with Crippen molar-refractivity contribution in [1.29, 1.82) is 21.0 Å². The zero-order valence-corrected chi connectivity index (χ0v) is 13.3. The first-order valence-corrected chi connectivity index (χ1v) is 8.11. The molecule has 3 rings (SSSR count). The molecule has 3 aromatic rings. The van der Waals surface area contributed by atoms with Crippen molar-refractivity contribution in [3.05, 3.63) is 33.5 Å². The Morgan fingerprint density at radius 3 is 1.33 bits per heavy atom. The van der Waals surface area contributed by atoms with Crippen molar-refractivity contribution >= 4 is 42.8 Å². The molecule has 0 fully saturated rings. The first-order valence-electron chi connectivity index (χ1n) is 6.48. The Hall–Kier alpha value is -3.04. The van der Waals surface area contributed by atoms with Crippen LogP contribution in [0.5, 0.6) is 0 Å². The summed E-state index contributed by atoms with van der Waals surface area (Å²) in [6.07, 6.45) is 0. The highest BCUT2D eigenvalue weighted by Crippen LogP contribution is 2.42. The van der Waals surface area contributed by atoms with E-state index in [4.69, 9.17) is 21.0 Å². The molecule has 0 saturated heterocycles. The van der Waals surface area contributed by atoms with Crippen molar-refractivity contribution in [2.45, 2.75) is 11.8 Å². The number of thiophene rings is 2. The standard InChI is InChI=1S/C16H4F2N4S2/c17-13-9-1-11(7(3-19)4-20)23-15(9)14(18)10-2-12(24-16(10)13)8(5-21)6-22/h1-2,7-8H. The van der Waals surface area contributed by atoms with Crippen LogP contribution >= 0.6 is 22.7 Å². The van der Waals surface area contributed by atoms with Gasteiger partial charge in [0.2, 0.25) is 0 Å². The molecule has 0 radical (unpaired) electrons. The molecule has 0 aliphatic rings. The van der Waals surface area contributed by atoms with Crippen LogP contribution in [0.3, 0.4) is 0 Å². The number of nitrogens with zero attached hydrogens (tertiary/aromatic N) is 4. The van der Waals surface area contributed by atoms with E-state index in [2.05, 4.69) is 0 Å². The highest BCUT2D eigenvalue weighted by molar-refractivity contribution is 7.21. The minimum absolute atomic E-state index is 0.00522. The molecule has 0 aliphatic heterocycles. The molecule has 2 heterocycles. The molecule has 0 aliphatic carbocycles. The Labute approximate surface area is 142 Å². The Kier molecular flexibility index (Phi) is 3.87. The summed E-state index contributed by atoms with van der Waals surface area (Å²) < 4.78 is 29.5. The topological polar surface area (TPSA) is 95.2 Å². The van der Waals surface area contributed by atoms with Crippen LogP contribution in [-0.4, -0.2) is 0 Å². The van der Waals surface area contributed by atoms with E-state index < -0.39 is 23.5 Å². The molecule has 0 atom stereocenters. The maximum atomic E-state index is 14.7. The van der Waals surface area contributed by atoms with Crippen LogP contribution in [-0.2, 0) is 0 Å². The summed E-state index contributed by atoms with van der Waals surface area (Å²) in [6, 6.07) is 9.72. The molecule has 0 spiro atoms. The fraction of sp³-hybridized carbons (Fsp3) is 0.125. The van der Waals surface area contributed by atoms with Crippen molar-refractivity contribution in [3.8, 4) is 24.3 Å². The number of rotatable bonds is 2. The summed E-state index contributed by atoms with van der Waals surface area (Å²) in [5, 5.41) is 35.7. The predicted octanol–water partition coefficient (Wildman–Crippen LogP) is 4.66. The van der Waals surface area contributed by atoms with Gasteiger partial charge in [-0.3, -0.25) is 0 Å². The van der Waals surface area contributed by atoms with Crippen LogP contribution in [0.15, 0.2) is 12.1 Å². The molecule has 0 unspecified atom stereocenters. The Balaban J connectivity index is 2.33. The molecule has 2 aromatic heterocycles. The average molecular weight is 354 g/mol. The summed E-state index contributed by atoms with van der Waals surface area (Å²) >= 11 is 1.71. The smallest absolute Gasteiger partial charge is 0.167 e. The van der Waals surface area contributed by atoms with Gasteiger partial charge in [-0.15, -0.1) is 22.7 Å². The Morgan fingerprint density at radius 2 is 1.04 bits per heavy atom. The molecule has 0 N–H and O–H groups in total. The van der Waals surface area contributed by atoms with Gasteiger partial charge in [0.05, 0.1) is 33.7 Å². The summed E-state index contributed by atoms with van der Waals surface area (Å²) in [5.41, 5.74) is 0. The minimum Gasteiger partial charge on any atom is -0.205 e. The molecule has 0 bridgehead atoms. The van der Waals surface area contributed by atoms with Crippen LogP contribution in [0, 0.1) is 57.0 Å². The van der Waals surface area contributed by atoms with E-state index in [0.29, 0.717) is 0 Å². The van der Waals surface area contributed by atoms with Gasteiger partial charge in [0.15, 0.2) is 11.8 Å². The van der Waals surface area contributed by atoms with Crippen molar-refractivity contribution in [2.24, 2.45) is 0 Å². The van der Waals surface area contributed by atoms with Gasteiger partial charge in [0.1, 0.15) is 11.6 Å². The lowest BCUT2D eigenvalue weighted by molar-refractivity contribution is 0.638. The van der Waals surface area contributed by atoms with E-state index in [-0.39, 0.29) is 29.9 Å². The molecule has 8 heteroatoms. The maximum Gasteiger partial charge on any atom is 0.167 e. The quantitative estimate of drug-likeness (QED) is 0.669. The van der Waals surface area contributed by atoms with E-state index in [1.54, 1.807) is 24.3 Å². The Morgan fingerprint density at radius 1 is 0.708 bits per heavy atom. The van der Waals surface area contributed by atoms with Crippen LogP contribution in [0.2, 0.25) is 0 Å². The zero-order valence-electron chi connectivity index (χ0n) is 11.7. The lowest BCUT2D eigenvalue weighted by atomic mass is 10.1. The average Bonchev–Trinajstić information content (AvgIpc) is 3.21. The fourth-order valence-electron chi connectivity index (χ4n) is 2.31. The van der Waals surface area contributed by atoms with Gasteiger partial charge in [-0.05, 0) is 12.1 Å². The normalized spacial score (nSPS) is 10.7. The van der Waals surface area contributed by atoms with E-state index in [1.807, 2.05) is 0 Å². The highest BCUT2D eigenvalue weighted by atomic mass is 32.1. The second-order valence-electron chi connectivity index (χ2n) is 4.79. The molecule has 24 heavy (non-hydrogen) atoms. The monoisotopic (exact) mass is 354 g/mol. The van der Waals surface area contributed by atoms with E-state index in [0.717, 1.165) is 22.7 Å². The number of hydrogen-bond acceptors (Lipinski definition) is 6. The molecule has 0 saturated carbocycles. The van der Waals surface area contributed by atoms with Crippen molar-refractivity contribution < 1.29 is 8.78 Å². The first-order chi connectivity index (χ1) is 11.5. The summed E-state index contributed by atoms with van der Waals surface area (Å²) in [6.45, 7) is 0. The van der Waals surface area contributed by atoms with Gasteiger partial charge in [-0.2, -0.15) is 21.0 Å². The molecular weight excluding hydrogens is 350 g/mol. The third-order valence-electron chi connectivity index (χ3n) is 3.46. The number of fused-ring (bicyclic) bond motifs is 2. The van der Waals surface area contributed by atoms with Gasteiger partial charge in [-0.1, -0.05) is 0 Å². The number of halogens is 2. The van der Waals surface area contributed by atoms with Gasteiger partial charge in [0.25, 0.3) is 0 Å². The fourth-order valence-corrected chi connectivity index (χ4v) is 4.50. The maximum absolute atomic E-state index is 14.7. The summed E-state index contributed by atoms with van der Waals surface area (Å²) in [5.74, 6) is -3.53. The third-order valence-corrected chi connectivity index (χ3v) is 5.84. The second-order valence-corrected chi connectivity index (χ2v) is 6.96. The summed E-state index contributed by atoms with van der Waals surface area (Å²) in [4.78, 5) is 0.551. The van der Waals surface area contributed by atoms with Crippen LogP contribution in [0.25, 0.3) is 20.2 Å². The minimum atomic E-state index is -1.09. The molecule has 4 nitrogen and oxygen atoms in total. The summed E-state index contributed by atoms with van der Waals surface area (Å²) in [7, 11) is 0. The number of benzene rings is 1. The van der Waals surface area contributed by atoms with Crippen molar-refractivity contribution in [2.75, 3.05) is 0 Å². The molecule has 1 aromatic carbocycles. The van der Waals surface area contributed by atoms with Crippen LogP contribution in [0.4, 0.5) is 8.78 Å². The molecule has 114 valence electrons. The third kappa shape index (κ3) is 2.18. The SMILES string of the molecule is N#CC(C#N)c1cc2c(F)c3sc(C(C#N)C#N)cc3c(F)c2s1. The molecular formula is C16H4F2N4S2. The largest absolute Gasteiger partial charge is 0.205 e. The van der Waals surface area contributed by atoms with Gasteiger partial charge in [0, 0.05) is 20.5 Å². The molecule has 0 amide bonds. The van der Waals surface area contributed by atoms with Crippen LogP contribution in [0.1, 0.15) is 21.6 Å². The van der Waals surface area contributed by atoms with Crippen molar-refractivity contribution in [3.63, 3.8) is 0 Å². The number of nitriles is 4. The first kappa shape index (κ1) is 15.8. The van der Waals surface area contributed by atoms with E-state index in [1.165, 1.54) is 12.1 Å². The zero-order chi connectivity index (χ0) is 17.4. The lowest BCUT2D eigenvalue weighted by Crippen LogP contribution is -1.85.